The van der Waals surface area contributed by atoms with Gasteiger partial charge in [-0.3, -0.25) is 4.72 Å². The maximum Gasteiger partial charge on any atom is 0.263 e. The van der Waals surface area contributed by atoms with Crippen LogP contribution >= 0.6 is 11.6 Å². The van der Waals surface area contributed by atoms with Crippen LogP contribution in [0.3, 0.4) is 0 Å². The Kier molecular flexibility index (Phi) is 4.25. The lowest BCUT2D eigenvalue weighted by Gasteiger charge is -2.09. The smallest absolute Gasteiger partial charge is 0.263 e. The summed E-state index contributed by atoms with van der Waals surface area (Å²) >= 11 is 5.74. The van der Waals surface area contributed by atoms with Gasteiger partial charge in [0, 0.05) is 17.1 Å². The molecule has 0 bridgehead atoms. The molecule has 0 aliphatic rings. The molecule has 5 nitrogen and oxygen atoms in total. The maximum atomic E-state index is 12.2. The summed E-state index contributed by atoms with van der Waals surface area (Å²) in [6.07, 6.45) is 1.53. The summed E-state index contributed by atoms with van der Waals surface area (Å²) in [5, 5.41) is 0.480. The van der Waals surface area contributed by atoms with Gasteiger partial charge >= 0.3 is 0 Å². The summed E-state index contributed by atoms with van der Waals surface area (Å²) in [5.74, 6) is 0.954. The maximum absolute atomic E-state index is 12.2. The van der Waals surface area contributed by atoms with Crippen LogP contribution in [0.25, 0.3) is 0 Å². The van der Waals surface area contributed by atoms with Gasteiger partial charge < -0.3 is 0 Å². The lowest BCUT2D eigenvalue weighted by Crippen LogP contribution is -2.14. The van der Waals surface area contributed by atoms with Crippen molar-refractivity contribution in [1.29, 1.82) is 0 Å². The Labute approximate surface area is 123 Å². The number of rotatable bonds is 4. The lowest BCUT2D eigenvalue weighted by molar-refractivity contribution is 0.601. The third-order valence-corrected chi connectivity index (χ3v) is 4.18. The number of anilines is 1. The molecule has 1 aromatic heterocycles. The molecule has 0 aliphatic carbocycles. The second-order valence-electron chi connectivity index (χ2n) is 4.51. The van der Waals surface area contributed by atoms with Gasteiger partial charge in [0.15, 0.2) is 0 Å². The molecule has 0 aliphatic heterocycles. The molecule has 7 heteroatoms. The van der Waals surface area contributed by atoms with Gasteiger partial charge in [-0.2, -0.15) is 0 Å². The molecule has 106 valence electrons. The predicted octanol–water partition coefficient (Wildman–Crippen LogP) is 3.05. The van der Waals surface area contributed by atoms with E-state index in [0.717, 1.165) is 0 Å². The molecule has 2 aromatic rings. The molecule has 0 radical (unpaired) electrons. The zero-order valence-corrected chi connectivity index (χ0v) is 12.6. The van der Waals surface area contributed by atoms with Crippen molar-refractivity contribution in [2.75, 3.05) is 4.72 Å². The molecule has 0 unspecified atom stereocenters. The van der Waals surface area contributed by atoms with Gasteiger partial charge in [-0.05, 0) is 30.3 Å². The number of hydrogen-bond donors (Lipinski definition) is 1. The molecule has 0 fully saturated rings. The van der Waals surface area contributed by atoms with Gasteiger partial charge in [-0.15, -0.1) is 0 Å². The Morgan fingerprint density at radius 1 is 1.15 bits per heavy atom. The molecule has 20 heavy (non-hydrogen) atoms. The molecule has 2 rings (SSSR count). The van der Waals surface area contributed by atoms with Crippen LogP contribution in [0.15, 0.2) is 41.4 Å². The van der Waals surface area contributed by atoms with Gasteiger partial charge in [-0.1, -0.05) is 25.4 Å². The first kappa shape index (κ1) is 14.7. The van der Waals surface area contributed by atoms with Crippen molar-refractivity contribution in [2.24, 2.45) is 0 Å². The van der Waals surface area contributed by atoms with E-state index in [1.165, 1.54) is 36.5 Å². The van der Waals surface area contributed by atoms with E-state index in [1.807, 2.05) is 13.8 Å². The van der Waals surface area contributed by atoms with Crippen molar-refractivity contribution >= 4 is 27.4 Å². The van der Waals surface area contributed by atoms with Gasteiger partial charge in [0.1, 0.15) is 11.6 Å². The zero-order chi connectivity index (χ0) is 14.8. The molecule has 0 spiro atoms. The van der Waals surface area contributed by atoms with Crippen molar-refractivity contribution in [2.45, 2.75) is 24.7 Å². The first-order valence-corrected chi connectivity index (χ1v) is 7.86. The number of hydrogen-bond acceptors (Lipinski definition) is 4. The summed E-state index contributed by atoms with van der Waals surface area (Å²) in [7, 11) is -3.67. The van der Waals surface area contributed by atoms with Crippen molar-refractivity contribution < 1.29 is 8.42 Å². The van der Waals surface area contributed by atoms with Gasteiger partial charge in [-0.25, -0.2) is 18.4 Å². The van der Waals surface area contributed by atoms with E-state index in [-0.39, 0.29) is 16.6 Å². The molecule has 1 heterocycles. The topological polar surface area (TPSA) is 72.0 Å². The first-order valence-electron chi connectivity index (χ1n) is 6.00. The van der Waals surface area contributed by atoms with E-state index in [2.05, 4.69) is 14.7 Å². The van der Waals surface area contributed by atoms with Crippen LogP contribution in [0.5, 0.6) is 0 Å². The SMILES string of the molecule is CC(C)c1nccc(NS(=O)(=O)c2ccc(Cl)cc2)n1. The Bertz CT molecular complexity index is 700. The second-order valence-corrected chi connectivity index (χ2v) is 6.63. The number of halogens is 1. The van der Waals surface area contributed by atoms with E-state index >= 15 is 0 Å². The normalized spacial score (nSPS) is 11.6. The quantitative estimate of drug-likeness (QED) is 0.942. The fourth-order valence-corrected chi connectivity index (χ4v) is 2.65. The minimum atomic E-state index is -3.67. The van der Waals surface area contributed by atoms with E-state index < -0.39 is 10.0 Å². The van der Waals surface area contributed by atoms with Crippen molar-refractivity contribution in [3.05, 3.63) is 47.4 Å². The highest BCUT2D eigenvalue weighted by Crippen LogP contribution is 2.18. The molecule has 1 N–H and O–H groups in total. The molecule has 0 saturated carbocycles. The summed E-state index contributed by atoms with van der Waals surface area (Å²) in [4.78, 5) is 8.39. The summed E-state index contributed by atoms with van der Waals surface area (Å²) < 4.78 is 26.8. The highest BCUT2D eigenvalue weighted by molar-refractivity contribution is 7.92. The number of sulfonamides is 1. The first-order chi connectivity index (χ1) is 9.38. The predicted molar refractivity (Wildman–Crippen MR) is 78.4 cm³/mol. The highest BCUT2D eigenvalue weighted by Gasteiger charge is 2.15. The van der Waals surface area contributed by atoms with Crippen molar-refractivity contribution in [1.82, 2.24) is 9.97 Å². The number of nitrogens with one attached hydrogen (secondary N) is 1. The minimum Gasteiger partial charge on any atom is -0.263 e. The van der Waals surface area contributed by atoms with Gasteiger partial charge in [0.05, 0.1) is 4.90 Å². The minimum absolute atomic E-state index is 0.120. The number of nitrogens with zero attached hydrogens (tertiary/aromatic N) is 2. The van der Waals surface area contributed by atoms with Crippen LogP contribution in [0, 0.1) is 0 Å². The Balaban J connectivity index is 2.28. The third kappa shape index (κ3) is 3.46. The van der Waals surface area contributed by atoms with Crippen LogP contribution in [-0.4, -0.2) is 18.4 Å². The fraction of sp³-hybridized carbons (Fsp3) is 0.231. The largest absolute Gasteiger partial charge is 0.263 e. The van der Waals surface area contributed by atoms with Crippen LogP contribution < -0.4 is 4.72 Å². The van der Waals surface area contributed by atoms with Crippen LogP contribution in [0.1, 0.15) is 25.6 Å². The summed E-state index contributed by atoms with van der Waals surface area (Å²) in [6.45, 7) is 3.87. The van der Waals surface area contributed by atoms with Crippen molar-refractivity contribution in [3.8, 4) is 0 Å². The molecular weight excluding hydrogens is 298 g/mol. The standard InChI is InChI=1S/C13H14ClN3O2S/c1-9(2)13-15-8-7-12(16-13)17-20(18,19)11-5-3-10(14)4-6-11/h3-9H,1-2H3,(H,15,16,17). The van der Waals surface area contributed by atoms with E-state index in [9.17, 15) is 8.42 Å². The fourth-order valence-electron chi connectivity index (χ4n) is 1.52. The number of aromatic nitrogens is 2. The van der Waals surface area contributed by atoms with Gasteiger partial charge in [0.2, 0.25) is 0 Å². The van der Waals surface area contributed by atoms with E-state index in [1.54, 1.807) is 0 Å². The third-order valence-electron chi connectivity index (χ3n) is 2.55. The molecule has 0 amide bonds. The molecule has 1 aromatic carbocycles. The molecule has 0 atom stereocenters. The average molecular weight is 312 g/mol. The monoisotopic (exact) mass is 311 g/mol. The van der Waals surface area contributed by atoms with E-state index in [0.29, 0.717) is 10.8 Å². The average Bonchev–Trinajstić information content (AvgIpc) is 2.39. The Hall–Kier alpha value is -1.66. The highest BCUT2D eigenvalue weighted by atomic mass is 35.5. The van der Waals surface area contributed by atoms with Crippen LogP contribution in [0.4, 0.5) is 5.82 Å². The Morgan fingerprint density at radius 3 is 2.40 bits per heavy atom. The lowest BCUT2D eigenvalue weighted by atomic mass is 10.2. The molecular formula is C13H14ClN3O2S. The van der Waals surface area contributed by atoms with Crippen molar-refractivity contribution in [3.63, 3.8) is 0 Å². The van der Waals surface area contributed by atoms with Crippen LogP contribution in [0.2, 0.25) is 5.02 Å². The Morgan fingerprint density at radius 2 is 1.80 bits per heavy atom. The molecule has 0 saturated heterocycles. The second kappa shape index (κ2) is 5.76. The summed E-state index contributed by atoms with van der Waals surface area (Å²) in [5.41, 5.74) is 0. The van der Waals surface area contributed by atoms with E-state index in [4.69, 9.17) is 11.6 Å². The number of benzene rings is 1. The zero-order valence-electron chi connectivity index (χ0n) is 11.0. The van der Waals surface area contributed by atoms with Crippen LogP contribution in [-0.2, 0) is 10.0 Å². The van der Waals surface area contributed by atoms with Gasteiger partial charge in [0.25, 0.3) is 10.0 Å². The summed E-state index contributed by atoms with van der Waals surface area (Å²) in [6, 6.07) is 7.44.